The third-order valence-electron chi connectivity index (χ3n) is 1.56. The Morgan fingerprint density at radius 3 is 2.42 bits per heavy atom. The van der Waals surface area contributed by atoms with Crippen molar-refractivity contribution < 1.29 is 13.5 Å². The topological polar surface area (TPSA) is 9.23 Å². The molecule has 66 valence electrons. The van der Waals surface area contributed by atoms with Gasteiger partial charge in [-0.2, -0.15) is 0 Å². The van der Waals surface area contributed by atoms with Crippen molar-refractivity contribution in [3.63, 3.8) is 0 Å². The van der Waals surface area contributed by atoms with E-state index in [2.05, 4.69) is 4.74 Å². The van der Waals surface area contributed by atoms with Crippen LogP contribution in [0.4, 0.5) is 8.78 Å². The van der Waals surface area contributed by atoms with Gasteiger partial charge in [-0.05, 0) is 6.92 Å². The van der Waals surface area contributed by atoms with Crippen LogP contribution in [0.15, 0.2) is 6.07 Å². The van der Waals surface area contributed by atoms with Crippen LogP contribution in [0.5, 0.6) is 5.75 Å². The molecular formula is C8H7ClF2O. The lowest BCUT2D eigenvalue weighted by Gasteiger charge is -2.06. The van der Waals surface area contributed by atoms with Gasteiger partial charge < -0.3 is 4.74 Å². The standard InChI is InChI=1S/C8H7ClF2O/c1-4-7(10)5(9)3-6(12-2)8(4)11/h3H,1-2H3. The average Bonchev–Trinajstić information content (AvgIpc) is 2.08. The summed E-state index contributed by atoms with van der Waals surface area (Å²) in [5.41, 5.74) is -0.126. The number of rotatable bonds is 1. The number of methoxy groups -OCH3 is 1. The minimum atomic E-state index is -0.741. The van der Waals surface area contributed by atoms with Gasteiger partial charge in [0.15, 0.2) is 11.6 Å². The molecule has 0 fully saturated rings. The lowest BCUT2D eigenvalue weighted by Crippen LogP contribution is -1.95. The van der Waals surface area contributed by atoms with E-state index < -0.39 is 11.6 Å². The molecule has 0 N–H and O–H groups in total. The number of halogens is 3. The molecule has 1 rings (SSSR count). The Morgan fingerprint density at radius 2 is 1.92 bits per heavy atom. The Bertz CT molecular complexity index is 312. The van der Waals surface area contributed by atoms with Gasteiger partial charge in [0.2, 0.25) is 0 Å². The van der Waals surface area contributed by atoms with Gasteiger partial charge in [0.1, 0.15) is 5.82 Å². The van der Waals surface area contributed by atoms with Crippen LogP contribution in [0.3, 0.4) is 0 Å². The van der Waals surface area contributed by atoms with E-state index in [0.717, 1.165) is 6.07 Å². The van der Waals surface area contributed by atoms with Crippen LogP contribution >= 0.6 is 11.6 Å². The predicted octanol–water partition coefficient (Wildman–Crippen LogP) is 2.94. The summed E-state index contributed by atoms with van der Waals surface area (Å²) in [6.45, 7) is 1.30. The predicted molar refractivity (Wildman–Crippen MR) is 42.7 cm³/mol. The summed E-state index contributed by atoms with van der Waals surface area (Å²) >= 11 is 5.45. The number of benzene rings is 1. The largest absolute Gasteiger partial charge is 0.494 e. The lowest BCUT2D eigenvalue weighted by atomic mass is 10.2. The molecule has 0 atom stereocenters. The zero-order valence-corrected chi connectivity index (χ0v) is 7.38. The van der Waals surface area contributed by atoms with Crippen LogP contribution in [0.1, 0.15) is 5.56 Å². The van der Waals surface area contributed by atoms with E-state index in [1.54, 1.807) is 0 Å². The molecule has 0 amide bonds. The summed E-state index contributed by atoms with van der Waals surface area (Å²) in [7, 11) is 1.30. The molecule has 0 aromatic heterocycles. The molecule has 0 saturated carbocycles. The molecule has 12 heavy (non-hydrogen) atoms. The summed E-state index contributed by atoms with van der Waals surface area (Å²) in [6.07, 6.45) is 0. The first-order chi connectivity index (χ1) is 5.57. The minimum absolute atomic E-state index is 0.0427. The highest BCUT2D eigenvalue weighted by Gasteiger charge is 2.13. The second-order valence-corrected chi connectivity index (χ2v) is 2.72. The first-order valence-corrected chi connectivity index (χ1v) is 3.63. The molecule has 0 radical (unpaired) electrons. The highest BCUT2D eigenvalue weighted by molar-refractivity contribution is 6.30. The molecule has 0 aliphatic carbocycles. The molecule has 1 aromatic carbocycles. The molecule has 0 spiro atoms. The monoisotopic (exact) mass is 192 g/mol. The van der Waals surface area contributed by atoms with E-state index in [1.165, 1.54) is 14.0 Å². The molecule has 0 aliphatic rings. The fraction of sp³-hybridized carbons (Fsp3) is 0.250. The van der Waals surface area contributed by atoms with Crippen LogP contribution < -0.4 is 4.74 Å². The first kappa shape index (κ1) is 9.26. The quantitative estimate of drug-likeness (QED) is 0.622. The first-order valence-electron chi connectivity index (χ1n) is 3.26. The van der Waals surface area contributed by atoms with E-state index in [-0.39, 0.29) is 16.3 Å². The van der Waals surface area contributed by atoms with Crippen molar-refractivity contribution in [3.8, 4) is 5.75 Å². The Labute approximate surface area is 73.9 Å². The highest BCUT2D eigenvalue weighted by Crippen LogP contribution is 2.28. The van der Waals surface area contributed by atoms with E-state index in [9.17, 15) is 8.78 Å². The summed E-state index contributed by atoms with van der Waals surface area (Å²) in [6, 6.07) is 1.11. The van der Waals surface area contributed by atoms with Crippen LogP contribution in [0.2, 0.25) is 5.02 Å². The molecule has 0 aliphatic heterocycles. The fourth-order valence-electron chi connectivity index (χ4n) is 0.851. The fourth-order valence-corrected chi connectivity index (χ4v) is 1.09. The van der Waals surface area contributed by atoms with Crippen LogP contribution in [-0.2, 0) is 0 Å². The molecular weight excluding hydrogens is 186 g/mol. The van der Waals surface area contributed by atoms with Gasteiger partial charge in [-0.1, -0.05) is 11.6 Å². The van der Waals surface area contributed by atoms with Crippen LogP contribution in [0, 0.1) is 18.6 Å². The van der Waals surface area contributed by atoms with E-state index in [1.807, 2.05) is 0 Å². The maximum atomic E-state index is 13.0. The summed E-state index contributed by atoms with van der Waals surface area (Å²) in [5, 5.41) is -0.134. The van der Waals surface area contributed by atoms with Gasteiger partial charge in [-0.25, -0.2) is 8.78 Å². The molecule has 0 unspecified atom stereocenters. The van der Waals surface area contributed by atoms with Crippen molar-refractivity contribution >= 4 is 11.6 Å². The van der Waals surface area contributed by atoms with Crippen molar-refractivity contribution in [2.75, 3.05) is 7.11 Å². The van der Waals surface area contributed by atoms with Gasteiger partial charge in [0, 0.05) is 11.6 Å². The van der Waals surface area contributed by atoms with Gasteiger partial charge >= 0.3 is 0 Å². The van der Waals surface area contributed by atoms with Gasteiger partial charge in [-0.15, -0.1) is 0 Å². The Hall–Kier alpha value is -0.830. The summed E-state index contributed by atoms with van der Waals surface area (Å²) in [4.78, 5) is 0. The van der Waals surface area contributed by atoms with Gasteiger partial charge in [0.25, 0.3) is 0 Å². The SMILES string of the molecule is COc1cc(Cl)c(F)c(C)c1F. The Kier molecular flexibility index (Phi) is 2.52. The molecule has 0 heterocycles. The maximum absolute atomic E-state index is 13.0. The Balaban J connectivity index is 3.39. The molecule has 0 bridgehead atoms. The zero-order valence-electron chi connectivity index (χ0n) is 6.62. The van der Waals surface area contributed by atoms with Crippen molar-refractivity contribution in [2.45, 2.75) is 6.92 Å². The summed E-state index contributed by atoms with van der Waals surface area (Å²) in [5.74, 6) is -1.49. The number of ether oxygens (including phenoxy) is 1. The van der Waals surface area contributed by atoms with Crippen molar-refractivity contribution in [3.05, 3.63) is 28.3 Å². The minimum Gasteiger partial charge on any atom is -0.494 e. The van der Waals surface area contributed by atoms with Crippen molar-refractivity contribution in [1.29, 1.82) is 0 Å². The maximum Gasteiger partial charge on any atom is 0.170 e. The second kappa shape index (κ2) is 3.27. The van der Waals surface area contributed by atoms with Gasteiger partial charge in [-0.3, -0.25) is 0 Å². The van der Waals surface area contributed by atoms with Gasteiger partial charge in [0.05, 0.1) is 12.1 Å². The average molecular weight is 193 g/mol. The highest BCUT2D eigenvalue weighted by atomic mass is 35.5. The molecule has 0 saturated heterocycles. The smallest absolute Gasteiger partial charge is 0.170 e. The number of hydrogen-bond donors (Lipinski definition) is 0. The molecule has 1 aromatic rings. The Morgan fingerprint density at radius 1 is 1.33 bits per heavy atom. The summed E-state index contributed by atoms with van der Waals surface area (Å²) < 4.78 is 30.5. The third kappa shape index (κ3) is 1.37. The van der Waals surface area contributed by atoms with E-state index in [0.29, 0.717) is 0 Å². The van der Waals surface area contributed by atoms with E-state index in [4.69, 9.17) is 11.6 Å². The van der Waals surface area contributed by atoms with Crippen LogP contribution in [0.25, 0.3) is 0 Å². The zero-order chi connectivity index (χ0) is 9.30. The van der Waals surface area contributed by atoms with Crippen LogP contribution in [-0.4, -0.2) is 7.11 Å². The lowest BCUT2D eigenvalue weighted by molar-refractivity contribution is 0.382. The van der Waals surface area contributed by atoms with Crippen molar-refractivity contribution in [2.24, 2.45) is 0 Å². The van der Waals surface area contributed by atoms with E-state index >= 15 is 0 Å². The second-order valence-electron chi connectivity index (χ2n) is 2.31. The van der Waals surface area contributed by atoms with Crippen molar-refractivity contribution in [1.82, 2.24) is 0 Å². The molecule has 4 heteroatoms. The number of hydrogen-bond acceptors (Lipinski definition) is 1. The molecule has 1 nitrogen and oxygen atoms in total. The third-order valence-corrected chi connectivity index (χ3v) is 1.84. The normalized spacial score (nSPS) is 10.1.